The number of carbonyl (C=O) groups is 2. The van der Waals surface area contributed by atoms with E-state index in [-0.39, 0.29) is 23.8 Å². The second-order valence-corrected chi connectivity index (χ2v) is 10.1. The fourth-order valence-electron chi connectivity index (χ4n) is 4.83. The summed E-state index contributed by atoms with van der Waals surface area (Å²) in [7, 11) is 0. The standard InChI is InChI=1S/C35H32O4/c1-25-7-13-28(14-8-25)29-19-23-33(24-20-29)39-35(37)31-17-15-30(16-18-31)34(36)38-32-21-11-27(12-22-32)10-9-26-5-3-2-4-6-26/h2-14,19-24,30-31H,15-18H2,1H3/b10-9+/t30-,31-. The number of esters is 2. The first-order valence-corrected chi connectivity index (χ1v) is 13.5. The minimum absolute atomic E-state index is 0.207. The minimum atomic E-state index is -0.235. The molecule has 5 rings (SSSR count). The molecule has 0 unspecified atom stereocenters. The molecule has 0 spiro atoms. The molecular weight excluding hydrogens is 484 g/mol. The number of carbonyl (C=O) groups excluding carboxylic acids is 2. The van der Waals surface area contributed by atoms with Gasteiger partial charge in [0, 0.05) is 0 Å². The van der Waals surface area contributed by atoms with E-state index in [1.807, 2.05) is 91.0 Å². The van der Waals surface area contributed by atoms with Gasteiger partial charge in [0.2, 0.25) is 0 Å². The Morgan fingerprint density at radius 3 is 1.46 bits per heavy atom. The van der Waals surface area contributed by atoms with E-state index in [0.29, 0.717) is 37.2 Å². The van der Waals surface area contributed by atoms with Gasteiger partial charge in [-0.05, 0) is 79.1 Å². The Labute approximate surface area is 229 Å². The lowest BCUT2D eigenvalue weighted by Gasteiger charge is -2.25. The first kappa shape index (κ1) is 26.2. The van der Waals surface area contributed by atoms with E-state index in [9.17, 15) is 9.59 Å². The summed E-state index contributed by atoms with van der Waals surface area (Å²) < 4.78 is 11.3. The molecule has 0 amide bonds. The summed E-state index contributed by atoms with van der Waals surface area (Å²) in [6.45, 7) is 2.06. The highest BCUT2D eigenvalue weighted by molar-refractivity contribution is 5.78. The van der Waals surface area contributed by atoms with E-state index in [4.69, 9.17) is 9.47 Å². The van der Waals surface area contributed by atoms with Gasteiger partial charge in [-0.3, -0.25) is 9.59 Å². The maximum absolute atomic E-state index is 12.8. The summed E-state index contributed by atoms with van der Waals surface area (Å²) in [6, 6.07) is 33.5. The largest absolute Gasteiger partial charge is 0.426 e. The molecule has 1 aliphatic rings. The van der Waals surface area contributed by atoms with Crippen LogP contribution in [0.2, 0.25) is 0 Å². The molecule has 39 heavy (non-hydrogen) atoms. The average Bonchev–Trinajstić information content (AvgIpc) is 2.98. The average molecular weight is 517 g/mol. The van der Waals surface area contributed by atoms with Gasteiger partial charge in [-0.25, -0.2) is 0 Å². The van der Waals surface area contributed by atoms with Gasteiger partial charge in [-0.1, -0.05) is 96.6 Å². The zero-order valence-electron chi connectivity index (χ0n) is 22.1. The third-order valence-electron chi connectivity index (χ3n) is 7.22. The van der Waals surface area contributed by atoms with E-state index in [1.165, 1.54) is 5.56 Å². The Bertz CT molecular complexity index is 1410. The van der Waals surface area contributed by atoms with Crippen LogP contribution in [-0.2, 0) is 9.59 Å². The summed E-state index contributed by atoms with van der Waals surface area (Å²) in [6.07, 6.45) is 6.53. The van der Waals surface area contributed by atoms with Gasteiger partial charge < -0.3 is 9.47 Å². The highest BCUT2D eigenvalue weighted by Gasteiger charge is 2.32. The highest BCUT2D eigenvalue weighted by atomic mass is 16.5. The van der Waals surface area contributed by atoms with E-state index < -0.39 is 0 Å². The molecule has 196 valence electrons. The quantitative estimate of drug-likeness (QED) is 0.141. The van der Waals surface area contributed by atoms with Crippen molar-refractivity contribution in [2.24, 2.45) is 11.8 Å². The van der Waals surface area contributed by atoms with Gasteiger partial charge in [0.1, 0.15) is 11.5 Å². The molecule has 0 radical (unpaired) electrons. The lowest BCUT2D eigenvalue weighted by molar-refractivity contribution is -0.145. The van der Waals surface area contributed by atoms with Gasteiger partial charge in [0.15, 0.2) is 0 Å². The van der Waals surface area contributed by atoms with Crippen LogP contribution in [-0.4, -0.2) is 11.9 Å². The fourth-order valence-corrected chi connectivity index (χ4v) is 4.83. The SMILES string of the molecule is Cc1ccc(-c2ccc(OC(=O)[C@H]3CC[C@H](C(=O)Oc4ccc(/C=C/c5ccccc5)cc4)CC3)cc2)cc1. The van der Waals surface area contributed by atoms with Gasteiger partial charge in [0.05, 0.1) is 11.8 Å². The van der Waals surface area contributed by atoms with Gasteiger partial charge in [0.25, 0.3) is 0 Å². The molecule has 0 saturated heterocycles. The predicted molar refractivity (Wildman–Crippen MR) is 155 cm³/mol. The molecule has 0 aliphatic heterocycles. The van der Waals surface area contributed by atoms with Crippen molar-refractivity contribution >= 4 is 24.1 Å². The maximum atomic E-state index is 12.8. The summed E-state index contributed by atoms with van der Waals surface area (Å²) in [5, 5.41) is 0. The Morgan fingerprint density at radius 1 is 0.564 bits per heavy atom. The highest BCUT2D eigenvalue weighted by Crippen LogP contribution is 2.32. The van der Waals surface area contributed by atoms with Crippen LogP contribution < -0.4 is 9.47 Å². The van der Waals surface area contributed by atoms with Crippen molar-refractivity contribution in [2.75, 3.05) is 0 Å². The summed E-state index contributed by atoms with van der Waals surface area (Å²) in [5.41, 5.74) is 5.58. The third kappa shape index (κ3) is 7.11. The summed E-state index contributed by atoms with van der Waals surface area (Å²) >= 11 is 0. The number of benzene rings is 4. The van der Waals surface area contributed by atoms with Crippen molar-refractivity contribution in [1.29, 1.82) is 0 Å². The molecule has 0 bridgehead atoms. The number of rotatable bonds is 7. The molecule has 1 saturated carbocycles. The molecule has 4 aromatic rings. The van der Waals surface area contributed by atoms with Crippen LogP contribution in [0.15, 0.2) is 103 Å². The summed E-state index contributed by atoms with van der Waals surface area (Å²) in [5.74, 6) is 0.194. The van der Waals surface area contributed by atoms with Crippen LogP contribution in [0.25, 0.3) is 23.3 Å². The zero-order valence-corrected chi connectivity index (χ0v) is 22.1. The molecule has 4 aromatic carbocycles. The number of aryl methyl sites for hydroxylation is 1. The molecule has 0 aromatic heterocycles. The van der Waals surface area contributed by atoms with Gasteiger partial charge in [-0.2, -0.15) is 0 Å². The Balaban J connectivity index is 1.08. The Kier molecular flexibility index (Phi) is 8.33. The fraction of sp³-hybridized carbons (Fsp3) is 0.200. The van der Waals surface area contributed by atoms with E-state index in [1.54, 1.807) is 0 Å². The van der Waals surface area contributed by atoms with Crippen molar-refractivity contribution in [1.82, 2.24) is 0 Å². The molecule has 0 atom stereocenters. The van der Waals surface area contributed by atoms with Crippen molar-refractivity contribution in [3.05, 3.63) is 120 Å². The second-order valence-electron chi connectivity index (χ2n) is 10.1. The molecule has 4 heteroatoms. The van der Waals surface area contributed by atoms with Crippen LogP contribution in [0, 0.1) is 18.8 Å². The lowest BCUT2D eigenvalue weighted by atomic mass is 9.82. The van der Waals surface area contributed by atoms with Crippen molar-refractivity contribution in [3.63, 3.8) is 0 Å². The normalized spacial score (nSPS) is 17.1. The summed E-state index contributed by atoms with van der Waals surface area (Å²) in [4.78, 5) is 25.5. The van der Waals surface area contributed by atoms with Crippen molar-refractivity contribution in [2.45, 2.75) is 32.6 Å². The van der Waals surface area contributed by atoms with Gasteiger partial charge >= 0.3 is 11.9 Å². The van der Waals surface area contributed by atoms with Crippen LogP contribution in [0.4, 0.5) is 0 Å². The van der Waals surface area contributed by atoms with Gasteiger partial charge in [-0.15, -0.1) is 0 Å². The Hall–Kier alpha value is -4.44. The monoisotopic (exact) mass is 516 g/mol. The Morgan fingerprint density at radius 2 is 0.974 bits per heavy atom. The van der Waals surface area contributed by atoms with Crippen LogP contribution in [0.3, 0.4) is 0 Å². The molecule has 0 N–H and O–H groups in total. The van der Waals surface area contributed by atoms with Crippen LogP contribution >= 0.6 is 0 Å². The molecule has 4 nitrogen and oxygen atoms in total. The zero-order chi connectivity index (χ0) is 27.0. The lowest BCUT2D eigenvalue weighted by Crippen LogP contribution is -2.30. The molecular formula is C35H32O4. The van der Waals surface area contributed by atoms with Crippen LogP contribution in [0.1, 0.15) is 42.4 Å². The number of ether oxygens (including phenoxy) is 2. The maximum Gasteiger partial charge on any atom is 0.314 e. The topological polar surface area (TPSA) is 52.6 Å². The number of hydrogen-bond acceptors (Lipinski definition) is 4. The first-order valence-electron chi connectivity index (χ1n) is 13.5. The third-order valence-corrected chi connectivity index (χ3v) is 7.22. The smallest absolute Gasteiger partial charge is 0.314 e. The van der Waals surface area contributed by atoms with E-state index in [2.05, 4.69) is 31.2 Å². The van der Waals surface area contributed by atoms with E-state index >= 15 is 0 Å². The predicted octanol–water partition coefficient (Wildman–Crippen LogP) is 8.15. The molecule has 1 fully saturated rings. The van der Waals surface area contributed by atoms with E-state index in [0.717, 1.165) is 22.3 Å². The first-order chi connectivity index (χ1) is 19.0. The molecule has 1 aliphatic carbocycles. The second kappa shape index (κ2) is 12.4. The van der Waals surface area contributed by atoms with Crippen molar-refractivity contribution in [3.8, 4) is 22.6 Å². The van der Waals surface area contributed by atoms with Crippen LogP contribution in [0.5, 0.6) is 11.5 Å². The molecule has 0 heterocycles. The number of hydrogen-bond donors (Lipinski definition) is 0. The minimum Gasteiger partial charge on any atom is -0.426 e. The van der Waals surface area contributed by atoms with Crippen molar-refractivity contribution < 1.29 is 19.1 Å².